The maximum Gasteiger partial charge on any atom is 0.409 e. The number of nitrogens with one attached hydrogen (secondary N) is 1. The second kappa shape index (κ2) is 5.67. The predicted octanol–water partition coefficient (Wildman–Crippen LogP) is 1.04. The number of amides is 1. The highest BCUT2D eigenvalue weighted by Crippen LogP contribution is 2.31. The summed E-state index contributed by atoms with van der Waals surface area (Å²) in [6.07, 6.45) is 6.10. The van der Waals surface area contributed by atoms with Gasteiger partial charge in [-0.3, -0.25) is 4.90 Å². The van der Waals surface area contributed by atoms with Gasteiger partial charge in [-0.15, -0.1) is 0 Å². The molecule has 2 heterocycles. The molecule has 3 fully saturated rings. The van der Waals surface area contributed by atoms with E-state index in [1.807, 2.05) is 4.90 Å². The molecule has 0 spiro atoms. The van der Waals surface area contributed by atoms with Crippen molar-refractivity contribution in [1.82, 2.24) is 15.1 Å². The number of nitrogens with zero attached hydrogens (tertiary/aromatic N) is 2. The number of fused-ring (bicyclic) bond motifs is 1. The van der Waals surface area contributed by atoms with Crippen LogP contribution in [0, 0.1) is 0 Å². The SMILES string of the molecule is COC(=O)N1CCN[C@H]2[C@H](N3CCCC3)CCC[C@H]21. The topological polar surface area (TPSA) is 44.8 Å². The first-order valence-electron chi connectivity index (χ1n) is 7.63. The average molecular weight is 267 g/mol. The van der Waals surface area contributed by atoms with Gasteiger partial charge in [0.2, 0.25) is 0 Å². The van der Waals surface area contributed by atoms with Crippen molar-refractivity contribution < 1.29 is 9.53 Å². The molecule has 0 aromatic carbocycles. The van der Waals surface area contributed by atoms with E-state index in [4.69, 9.17) is 4.74 Å². The molecule has 108 valence electrons. The third-order valence-electron chi connectivity index (χ3n) is 4.98. The molecule has 0 aromatic rings. The van der Waals surface area contributed by atoms with Crippen molar-refractivity contribution in [3.05, 3.63) is 0 Å². The summed E-state index contributed by atoms with van der Waals surface area (Å²) in [5.41, 5.74) is 0. The van der Waals surface area contributed by atoms with E-state index in [1.165, 1.54) is 45.9 Å². The summed E-state index contributed by atoms with van der Waals surface area (Å²) in [5.74, 6) is 0. The van der Waals surface area contributed by atoms with Crippen molar-refractivity contribution in [2.24, 2.45) is 0 Å². The first-order valence-corrected chi connectivity index (χ1v) is 7.63. The molecule has 1 N–H and O–H groups in total. The Kier molecular flexibility index (Phi) is 3.93. The van der Waals surface area contributed by atoms with Gasteiger partial charge in [0.05, 0.1) is 13.2 Å². The number of carbonyl (C=O) groups is 1. The van der Waals surface area contributed by atoms with Crippen molar-refractivity contribution in [2.45, 2.75) is 50.2 Å². The van der Waals surface area contributed by atoms with Crippen molar-refractivity contribution in [3.63, 3.8) is 0 Å². The van der Waals surface area contributed by atoms with E-state index < -0.39 is 0 Å². The number of hydrogen-bond donors (Lipinski definition) is 1. The second-order valence-corrected chi connectivity index (χ2v) is 5.95. The Balaban J connectivity index is 1.74. The fourth-order valence-corrected chi connectivity index (χ4v) is 4.12. The molecule has 3 rings (SSSR count). The number of likely N-dealkylation sites (tertiary alicyclic amines) is 1. The smallest absolute Gasteiger partial charge is 0.409 e. The highest BCUT2D eigenvalue weighted by Gasteiger charge is 2.43. The maximum absolute atomic E-state index is 11.9. The average Bonchev–Trinajstić information content (AvgIpc) is 2.99. The lowest BCUT2D eigenvalue weighted by Gasteiger charge is -2.49. The Bertz CT molecular complexity index is 331. The zero-order valence-electron chi connectivity index (χ0n) is 11.8. The zero-order valence-corrected chi connectivity index (χ0v) is 11.8. The van der Waals surface area contributed by atoms with E-state index in [0.717, 1.165) is 19.5 Å². The Labute approximate surface area is 115 Å². The lowest BCUT2D eigenvalue weighted by atomic mass is 9.83. The zero-order chi connectivity index (χ0) is 13.2. The number of ether oxygens (including phenoxy) is 1. The van der Waals surface area contributed by atoms with Crippen LogP contribution in [-0.2, 0) is 4.74 Å². The molecule has 1 saturated carbocycles. The quantitative estimate of drug-likeness (QED) is 0.771. The van der Waals surface area contributed by atoms with E-state index in [9.17, 15) is 4.79 Å². The van der Waals surface area contributed by atoms with Gasteiger partial charge in [0, 0.05) is 25.2 Å². The summed E-state index contributed by atoms with van der Waals surface area (Å²) in [6, 6.07) is 1.36. The molecule has 0 unspecified atom stereocenters. The Morgan fingerprint density at radius 2 is 1.84 bits per heavy atom. The van der Waals surface area contributed by atoms with E-state index >= 15 is 0 Å². The van der Waals surface area contributed by atoms with Gasteiger partial charge in [-0.2, -0.15) is 0 Å². The molecule has 3 atom stereocenters. The van der Waals surface area contributed by atoms with Crippen LogP contribution in [0.15, 0.2) is 0 Å². The van der Waals surface area contributed by atoms with Crippen LogP contribution in [-0.4, -0.2) is 67.3 Å². The van der Waals surface area contributed by atoms with Gasteiger partial charge in [0.1, 0.15) is 0 Å². The van der Waals surface area contributed by atoms with Crippen molar-refractivity contribution in [3.8, 4) is 0 Å². The fourth-order valence-electron chi connectivity index (χ4n) is 4.12. The van der Waals surface area contributed by atoms with Gasteiger partial charge in [-0.25, -0.2) is 4.79 Å². The van der Waals surface area contributed by atoms with Gasteiger partial charge < -0.3 is 15.0 Å². The molecule has 5 heteroatoms. The Hall–Kier alpha value is -0.810. The molecule has 0 aromatic heterocycles. The van der Waals surface area contributed by atoms with Crippen LogP contribution < -0.4 is 5.32 Å². The summed E-state index contributed by atoms with van der Waals surface area (Å²) >= 11 is 0. The first kappa shape index (κ1) is 13.2. The number of methoxy groups -OCH3 is 1. The largest absolute Gasteiger partial charge is 0.453 e. The number of piperazine rings is 1. The van der Waals surface area contributed by atoms with Gasteiger partial charge in [0.25, 0.3) is 0 Å². The summed E-state index contributed by atoms with van der Waals surface area (Å²) in [7, 11) is 1.49. The number of hydrogen-bond acceptors (Lipinski definition) is 4. The molecular weight excluding hydrogens is 242 g/mol. The monoisotopic (exact) mass is 267 g/mol. The van der Waals surface area contributed by atoms with E-state index in [1.54, 1.807) is 0 Å². The van der Waals surface area contributed by atoms with Crippen LogP contribution in [0.25, 0.3) is 0 Å². The summed E-state index contributed by atoms with van der Waals surface area (Å²) in [6.45, 7) is 4.13. The highest BCUT2D eigenvalue weighted by atomic mass is 16.5. The third-order valence-corrected chi connectivity index (χ3v) is 4.98. The van der Waals surface area contributed by atoms with E-state index in [0.29, 0.717) is 18.1 Å². The minimum atomic E-state index is -0.154. The first-order chi connectivity index (χ1) is 9.31. The molecule has 1 amide bonds. The lowest BCUT2D eigenvalue weighted by Crippen LogP contribution is -2.67. The van der Waals surface area contributed by atoms with Crippen molar-refractivity contribution in [2.75, 3.05) is 33.3 Å². The molecule has 3 aliphatic rings. The fraction of sp³-hybridized carbons (Fsp3) is 0.929. The summed E-state index contributed by atoms with van der Waals surface area (Å²) < 4.78 is 4.95. The Morgan fingerprint density at radius 3 is 2.58 bits per heavy atom. The molecule has 5 nitrogen and oxygen atoms in total. The van der Waals surface area contributed by atoms with Crippen molar-refractivity contribution >= 4 is 6.09 Å². The minimum absolute atomic E-state index is 0.154. The summed E-state index contributed by atoms with van der Waals surface area (Å²) in [4.78, 5) is 16.5. The maximum atomic E-state index is 11.9. The third kappa shape index (κ3) is 2.46. The number of rotatable bonds is 1. The predicted molar refractivity (Wildman–Crippen MR) is 73.1 cm³/mol. The van der Waals surface area contributed by atoms with E-state index in [2.05, 4.69) is 10.2 Å². The lowest BCUT2D eigenvalue weighted by molar-refractivity contribution is 0.0286. The molecule has 1 aliphatic carbocycles. The Morgan fingerprint density at radius 1 is 1.11 bits per heavy atom. The minimum Gasteiger partial charge on any atom is -0.453 e. The van der Waals surface area contributed by atoms with Crippen LogP contribution in [0.5, 0.6) is 0 Å². The van der Waals surface area contributed by atoms with Gasteiger partial charge >= 0.3 is 6.09 Å². The highest BCUT2D eigenvalue weighted by molar-refractivity contribution is 5.68. The number of carbonyl (C=O) groups excluding carboxylic acids is 1. The van der Waals surface area contributed by atoms with Crippen LogP contribution in [0.3, 0.4) is 0 Å². The van der Waals surface area contributed by atoms with E-state index in [-0.39, 0.29) is 6.09 Å². The van der Waals surface area contributed by atoms with Crippen LogP contribution >= 0.6 is 0 Å². The second-order valence-electron chi connectivity index (χ2n) is 5.95. The van der Waals surface area contributed by atoms with Gasteiger partial charge in [-0.1, -0.05) is 0 Å². The van der Waals surface area contributed by atoms with Crippen LogP contribution in [0.4, 0.5) is 4.79 Å². The standard InChI is InChI=1S/C14H25N3O2/c1-19-14(18)17-10-7-15-13-11(5-4-6-12(13)17)16-8-2-3-9-16/h11-13,15H,2-10H2,1H3/t11-,12-,13+/m1/s1. The molecule has 0 bridgehead atoms. The molecule has 2 aliphatic heterocycles. The molecular formula is C14H25N3O2. The van der Waals surface area contributed by atoms with Crippen molar-refractivity contribution in [1.29, 1.82) is 0 Å². The van der Waals surface area contributed by atoms with Gasteiger partial charge in [0.15, 0.2) is 0 Å². The summed E-state index contributed by atoms with van der Waals surface area (Å²) in [5, 5.41) is 3.67. The molecule has 19 heavy (non-hydrogen) atoms. The molecule has 0 radical (unpaired) electrons. The van der Waals surface area contributed by atoms with Crippen LogP contribution in [0.1, 0.15) is 32.1 Å². The molecule has 2 saturated heterocycles. The van der Waals surface area contributed by atoms with Gasteiger partial charge in [-0.05, 0) is 45.2 Å². The normalized spacial score (nSPS) is 36.1. The van der Waals surface area contributed by atoms with Crippen LogP contribution in [0.2, 0.25) is 0 Å².